The number of hydrogen-bond donors (Lipinski definition) is 2. The van der Waals surface area contributed by atoms with Crippen LogP contribution in [0.1, 0.15) is 96.1 Å². The van der Waals surface area contributed by atoms with Gasteiger partial charge in [-0.25, -0.2) is 0 Å². The van der Waals surface area contributed by atoms with Crippen molar-refractivity contribution in [1.29, 1.82) is 0 Å². The topological polar surface area (TPSA) is 79.2 Å². The summed E-state index contributed by atoms with van der Waals surface area (Å²) < 4.78 is 11.0. The molecule has 228 valence electrons. The summed E-state index contributed by atoms with van der Waals surface area (Å²) in [5, 5.41) is 21.9. The van der Waals surface area contributed by atoms with Crippen molar-refractivity contribution >= 4 is 5.91 Å². The zero-order valence-electron chi connectivity index (χ0n) is 26.0. The Kier molecular flexibility index (Phi) is 7.89. The molecular formula is C35H53NO5. The second kappa shape index (κ2) is 11.0. The van der Waals surface area contributed by atoms with Crippen LogP contribution < -0.4 is 9.47 Å². The first-order chi connectivity index (χ1) is 19.6. The van der Waals surface area contributed by atoms with Crippen molar-refractivity contribution in [3.63, 3.8) is 0 Å². The number of rotatable bonds is 6. The van der Waals surface area contributed by atoms with Gasteiger partial charge in [0.05, 0.1) is 26.4 Å². The highest BCUT2D eigenvalue weighted by atomic mass is 16.5. The number of amides is 1. The standard InChI is InChI=1S/C35H53NO5/c1-21(6-9-32(39)36-15-12-22-16-30(40-4)31(41-5)17-23(22)20-36)26-7-8-27-33-28(11-14-35(26,27)3)34(2)13-10-25(37)18-24(34)19-29(33)38/h16-17,21,24-29,33,37-38H,6-15,18-20H2,1-5H3. The number of hydrogen-bond acceptors (Lipinski definition) is 5. The highest BCUT2D eigenvalue weighted by Gasteiger charge is 2.62. The van der Waals surface area contributed by atoms with E-state index in [-0.39, 0.29) is 28.9 Å². The van der Waals surface area contributed by atoms with E-state index in [0.717, 1.165) is 62.1 Å². The van der Waals surface area contributed by atoms with Crippen molar-refractivity contribution in [3.8, 4) is 11.5 Å². The first-order valence-electron chi connectivity index (χ1n) is 16.5. The molecule has 2 N–H and O–H groups in total. The first-order valence-corrected chi connectivity index (χ1v) is 16.5. The number of carbonyl (C=O) groups excluding carboxylic acids is 1. The number of aliphatic hydroxyl groups excluding tert-OH is 2. The van der Waals surface area contributed by atoms with Crippen molar-refractivity contribution in [2.45, 2.75) is 110 Å². The number of nitrogens with zero attached hydrogens (tertiary/aromatic N) is 1. The number of methoxy groups -OCH3 is 2. The molecule has 6 nitrogen and oxygen atoms in total. The SMILES string of the molecule is COc1cc2c(cc1OC)CN(C(=O)CCC(C)C1CCC3C4C(O)CC5CC(O)CCC5(C)C4CCC13C)CC2. The molecule has 6 heteroatoms. The van der Waals surface area contributed by atoms with Crippen LogP contribution >= 0.6 is 0 Å². The summed E-state index contributed by atoms with van der Waals surface area (Å²) in [6, 6.07) is 4.09. The van der Waals surface area contributed by atoms with Gasteiger partial charge in [0.15, 0.2) is 11.5 Å². The Morgan fingerprint density at radius 3 is 2.39 bits per heavy atom. The lowest BCUT2D eigenvalue weighted by Crippen LogP contribution is -2.58. The van der Waals surface area contributed by atoms with Crippen molar-refractivity contribution in [2.75, 3.05) is 20.8 Å². The van der Waals surface area contributed by atoms with Gasteiger partial charge in [-0.3, -0.25) is 4.79 Å². The summed E-state index contributed by atoms with van der Waals surface area (Å²) in [4.78, 5) is 15.4. The van der Waals surface area contributed by atoms with Crippen LogP contribution in [0, 0.1) is 46.3 Å². The summed E-state index contributed by atoms with van der Waals surface area (Å²) in [6.45, 7) is 8.80. The van der Waals surface area contributed by atoms with Crippen LogP contribution in [-0.4, -0.2) is 54.0 Å². The molecule has 4 saturated carbocycles. The number of fused-ring (bicyclic) bond motifs is 6. The van der Waals surface area contributed by atoms with Gasteiger partial charge in [-0.15, -0.1) is 0 Å². The van der Waals surface area contributed by atoms with Crippen LogP contribution in [0.5, 0.6) is 11.5 Å². The fourth-order valence-corrected chi connectivity index (χ4v) is 11.0. The zero-order chi connectivity index (χ0) is 29.1. The molecule has 41 heavy (non-hydrogen) atoms. The van der Waals surface area contributed by atoms with Gasteiger partial charge >= 0.3 is 0 Å². The molecule has 0 radical (unpaired) electrons. The van der Waals surface area contributed by atoms with E-state index in [9.17, 15) is 15.0 Å². The van der Waals surface area contributed by atoms with E-state index in [0.29, 0.717) is 48.5 Å². The number of carbonyl (C=O) groups is 1. The average molecular weight is 568 g/mol. The normalized spacial score (nSPS) is 40.6. The van der Waals surface area contributed by atoms with E-state index < -0.39 is 0 Å². The summed E-state index contributed by atoms with van der Waals surface area (Å²) in [6.07, 6.45) is 10.7. The Balaban J connectivity index is 1.09. The summed E-state index contributed by atoms with van der Waals surface area (Å²) in [7, 11) is 3.32. The Morgan fingerprint density at radius 1 is 0.976 bits per heavy atom. The van der Waals surface area contributed by atoms with Crippen molar-refractivity contribution < 1.29 is 24.5 Å². The lowest BCUT2D eigenvalue weighted by atomic mass is 9.43. The second-order valence-corrected chi connectivity index (χ2v) is 15.0. The highest BCUT2D eigenvalue weighted by Crippen LogP contribution is 2.68. The Bertz CT molecular complexity index is 1140. The molecule has 0 spiro atoms. The number of aliphatic hydroxyl groups is 2. The first kappa shape index (κ1) is 29.3. The molecule has 1 amide bonds. The molecule has 1 aromatic carbocycles. The van der Waals surface area contributed by atoms with Gasteiger partial charge in [-0.2, -0.15) is 0 Å². The number of ether oxygens (including phenoxy) is 2. The smallest absolute Gasteiger partial charge is 0.222 e. The second-order valence-electron chi connectivity index (χ2n) is 15.0. The van der Waals surface area contributed by atoms with E-state index in [4.69, 9.17) is 9.47 Å². The lowest BCUT2D eigenvalue weighted by molar-refractivity contribution is -0.174. The molecule has 0 bridgehead atoms. The molecule has 1 heterocycles. The van der Waals surface area contributed by atoms with Gasteiger partial charge in [-0.1, -0.05) is 20.8 Å². The maximum absolute atomic E-state index is 13.4. The summed E-state index contributed by atoms with van der Waals surface area (Å²) in [5.41, 5.74) is 2.92. The van der Waals surface area contributed by atoms with Crippen LogP contribution in [0.2, 0.25) is 0 Å². The maximum Gasteiger partial charge on any atom is 0.222 e. The molecule has 0 saturated heterocycles. The van der Waals surface area contributed by atoms with E-state index in [1.807, 2.05) is 11.0 Å². The molecule has 10 atom stereocenters. The molecule has 4 fully saturated rings. The third-order valence-electron chi connectivity index (χ3n) is 13.3. The molecule has 10 unspecified atom stereocenters. The quantitative estimate of drug-likeness (QED) is 0.441. The Labute approximate surface area is 247 Å². The van der Waals surface area contributed by atoms with Gasteiger partial charge in [0, 0.05) is 19.5 Å². The third kappa shape index (κ3) is 4.89. The van der Waals surface area contributed by atoms with Crippen LogP contribution in [-0.2, 0) is 17.8 Å². The third-order valence-corrected chi connectivity index (χ3v) is 13.3. The van der Waals surface area contributed by atoms with E-state index in [1.54, 1.807) is 14.2 Å². The van der Waals surface area contributed by atoms with Gasteiger partial charge in [0.1, 0.15) is 0 Å². The molecule has 1 aromatic rings. The van der Waals surface area contributed by atoms with E-state index in [1.165, 1.54) is 31.2 Å². The monoisotopic (exact) mass is 567 g/mol. The van der Waals surface area contributed by atoms with Crippen molar-refractivity contribution in [2.24, 2.45) is 46.3 Å². The molecule has 1 aliphatic heterocycles. The van der Waals surface area contributed by atoms with Crippen molar-refractivity contribution in [3.05, 3.63) is 23.3 Å². The lowest BCUT2D eigenvalue weighted by Gasteiger charge is -2.62. The maximum atomic E-state index is 13.4. The molecule has 0 aromatic heterocycles. The van der Waals surface area contributed by atoms with Crippen LogP contribution in [0.3, 0.4) is 0 Å². The minimum Gasteiger partial charge on any atom is -0.493 e. The minimum absolute atomic E-state index is 0.184. The highest BCUT2D eigenvalue weighted by molar-refractivity contribution is 5.76. The van der Waals surface area contributed by atoms with Gasteiger partial charge < -0.3 is 24.6 Å². The van der Waals surface area contributed by atoms with Crippen LogP contribution in [0.15, 0.2) is 12.1 Å². The molecule has 6 rings (SSSR count). The van der Waals surface area contributed by atoms with Crippen molar-refractivity contribution in [1.82, 2.24) is 4.90 Å². The molecule has 5 aliphatic rings. The Morgan fingerprint density at radius 2 is 1.66 bits per heavy atom. The van der Waals surface area contributed by atoms with Crippen LogP contribution in [0.4, 0.5) is 0 Å². The summed E-state index contributed by atoms with van der Waals surface area (Å²) >= 11 is 0. The fourth-order valence-electron chi connectivity index (χ4n) is 11.0. The van der Waals surface area contributed by atoms with E-state index in [2.05, 4.69) is 26.8 Å². The minimum atomic E-state index is -0.232. The average Bonchev–Trinajstić information content (AvgIpc) is 3.32. The van der Waals surface area contributed by atoms with Gasteiger partial charge in [0.2, 0.25) is 5.91 Å². The van der Waals surface area contributed by atoms with Gasteiger partial charge in [0.25, 0.3) is 0 Å². The Hall–Kier alpha value is -1.79. The largest absolute Gasteiger partial charge is 0.493 e. The molecular weight excluding hydrogens is 514 g/mol. The number of benzene rings is 1. The summed E-state index contributed by atoms with van der Waals surface area (Å²) in [5.74, 6) is 4.87. The predicted octanol–water partition coefficient (Wildman–Crippen LogP) is 6.00. The van der Waals surface area contributed by atoms with Crippen LogP contribution in [0.25, 0.3) is 0 Å². The molecule has 4 aliphatic carbocycles. The van der Waals surface area contributed by atoms with Gasteiger partial charge in [-0.05, 0) is 134 Å². The predicted molar refractivity (Wildman–Crippen MR) is 160 cm³/mol. The fraction of sp³-hybridized carbons (Fsp3) is 0.800. The zero-order valence-corrected chi connectivity index (χ0v) is 26.0. The van der Waals surface area contributed by atoms with E-state index >= 15 is 0 Å².